The van der Waals surface area contributed by atoms with E-state index >= 15 is 0 Å². The lowest BCUT2D eigenvalue weighted by Crippen LogP contribution is -2.09. The molecule has 1 aromatic rings. The third-order valence-electron chi connectivity index (χ3n) is 1.44. The van der Waals surface area contributed by atoms with Crippen molar-refractivity contribution in [2.75, 3.05) is 12.3 Å². The molecule has 0 radical (unpaired) electrons. The highest BCUT2D eigenvalue weighted by molar-refractivity contribution is 14.1. The highest BCUT2D eigenvalue weighted by Gasteiger charge is 2.12. The number of nitrogen functional groups attached to an aromatic ring is 1. The second-order valence-corrected chi connectivity index (χ2v) is 3.31. The molecule has 70 valence electrons. The normalized spacial score (nSPS) is 9.69. The molecular weight excluding hydrogens is 283 g/mol. The Balaban J connectivity index is 3.01. The molecule has 1 aromatic heterocycles. The first-order valence-electron chi connectivity index (χ1n) is 3.74. The van der Waals surface area contributed by atoms with Gasteiger partial charge in [-0.3, -0.25) is 0 Å². The van der Waals surface area contributed by atoms with Crippen LogP contribution >= 0.6 is 22.6 Å². The molecule has 0 amide bonds. The van der Waals surface area contributed by atoms with Gasteiger partial charge >= 0.3 is 5.97 Å². The van der Waals surface area contributed by atoms with Crippen LogP contribution in [0.2, 0.25) is 0 Å². The van der Waals surface area contributed by atoms with Crippen LogP contribution in [0, 0.1) is 3.70 Å². The molecule has 2 N–H and O–H groups in total. The maximum absolute atomic E-state index is 11.3. The maximum Gasteiger partial charge on any atom is 0.340 e. The summed E-state index contributed by atoms with van der Waals surface area (Å²) in [5.41, 5.74) is 6.40. The summed E-state index contributed by atoms with van der Waals surface area (Å²) in [6, 6.07) is 1.55. The average molecular weight is 292 g/mol. The van der Waals surface area contributed by atoms with Crippen LogP contribution in [0.4, 0.5) is 5.69 Å². The molecule has 0 aliphatic carbocycles. The van der Waals surface area contributed by atoms with Crippen LogP contribution < -0.4 is 5.73 Å². The summed E-state index contributed by atoms with van der Waals surface area (Å²) in [5, 5.41) is 0. The summed E-state index contributed by atoms with van der Waals surface area (Å²) in [6.45, 7) is 2.09. The van der Waals surface area contributed by atoms with E-state index in [4.69, 9.17) is 10.5 Å². The fraction of sp³-hybridized carbons (Fsp3) is 0.250. The minimum atomic E-state index is -0.402. The fourth-order valence-corrected chi connectivity index (χ4v) is 1.29. The van der Waals surface area contributed by atoms with Gasteiger partial charge in [-0.05, 0) is 35.6 Å². The van der Waals surface area contributed by atoms with Crippen LogP contribution in [0.25, 0.3) is 0 Å². The molecule has 0 aliphatic rings. The number of rotatable bonds is 2. The zero-order valence-electron chi connectivity index (χ0n) is 7.08. The Morgan fingerprint density at radius 3 is 3.08 bits per heavy atom. The number of halogens is 1. The van der Waals surface area contributed by atoms with E-state index < -0.39 is 5.97 Å². The van der Waals surface area contributed by atoms with Gasteiger partial charge in [0.15, 0.2) is 0 Å². The van der Waals surface area contributed by atoms with Gasteiger partial charge in [0.25, 0.3) is 0 Å². The van der Waals surface area contributed by atoms with Crippen molar-refractivity contribution in [3.05, 3.63) is 21.5 Å². The second-order valence-electron chi connectivity index (χ2n) is 2.28. The summed E-state index contributed by atoms with van der Waals surface area (Å²) in [4.78, 5) is 15.2. The Morgan fingerprint density at radius 1 is 1.77 bits per heavy atom. The van der Waals surface area contributed by atoms with Crippen molar-refractivity contribution < 1.29 is 9.53 Å². The van der Waals surface area contributed by atoms with Gasteiger partial charge in [-0.2, -0.15) is 0 Å². The van der Waals surface area contributed by atoms with Gasteiger partial charge in [0, 0.05) is 6.20 Å². The van der Waals surface area contributed by atoms with E-state index in [1.54, 1.807) is 13.0 Å². The van der Waals surface area contributed by atoms with Crippen LogP contribution in [-0.4, -0.2) is 17.6 Å². The van der Waals surface area contributed by atoms with Gasteiger partial charge in [0.2, 0.25) is 0 Å². The van der Waals surface area contributed by atoms with Gasteiger partial charge in [0.1, 0.15) is 3.70 Å². The summed E-state index contributed by atoms with van der Waals surface area (Å²) in [7, 11) is 0. The zero-order valence-corrected chi connectivity index (χ0v) is 9.24. The molecule has 0 aromatic carbocycles. The molecule has 0 saturated carbocycles. The molecule has 0 fully saturated rings. The summed E-state index contributed by atoms with van der Waals surface area (Å²) >= 11 is 1.97. The Morgan fingerprint density at radius 2 is 2.46 bits per heavy atom. The van der Waals surface area contributed by atoms with E-state index in [9.17, 15) is 4.79 Å². The van der Waals surface area contributed by atoms with Crippen molar-refractivity contribution in [1.82, 2.24) is 4.98 Å². The Labute approximate surface area is 89.6 Å². The molecule has 0 aliphatic heterocycles. The van der Waals surface area contributed by atoms with Gasteiger partial charge in [-0.25, -0.2) is 9.78 Å². The molecule has 0 unspecified atom stereocenters. The number of ether oxygens (including phenoxy) is 1. The molecule has 13 heavy (non-hydrogen) atoms. The third-order valence-corrected chi connectivity index (χ3v) is 2.30. The zero-order chi connectivity index (χ0) is 9.84. The molecule has 4 nitrogen and oxygen atoms in total. The predicted molar refractivity (Wildman–Crippen MR) is 57.3 cm³/mol. The number of esters is 1. The molecule has 0 spiro atoms. The van der Waals surface area contributed by atoms with Crippen LogP contribution in [0.3, 0.4) is 0 Å². The monoisotopic (exact) mass is 292 g/mol. The Hall–Kier alpha value is -0.850. The van der Waals surface area contributed by atoms with Gasteiger partial charge in [0.05, 0.1) is 17.9 Å². The number of anilines is 1. The van der Waals surface area contributed by atoms with Gasteiger partial charge in [-0.1, -0.05) is 0 Å². The van der Waals surface area contributed by atoms with E-state index in [0.717, 1.165) is 0 Å². The van der Waals surface area contributed by atoms with Crippen LogP contribution in [0.15, 0.2) is 12.3 Å². The minimum Gasteiger partial charge on any atom is -0.462 e. The third kappa shape index (κ3) is 2.30. The molecule has 5 heteroatoms. The van der Waals surface area contributed by atoms with E-state index in [1.807, 2.05) is 22.6 Å². The fourth-order valence-electron chi connectivity index (χ4n) is 0.835. The minimum absolute atomic E-state index is 0.344. The van der Waals surface area contributed by atoms with E-state index in [0.29, 0.717) is 21.6 Å². The topological polar surface area (TPSA) is 65.2 Å². The second kappa shape index (κ2) is 4.40. The lowest BCUT2D eigenvalue weighted by molar-refractivity contribution is 0.0527. The lowest BCUT2D eigenvalue weighted by Gasteiger charge is -2.05. The maximum atomic E-state index is 11.3. The first-order chi connectivity index (χ1) is 6.16. The van der Waals surface area contributed by atoms with Crippen molar-refractivity contribution >= 4 is 34.2 Å². The molecule has 0 atom stereocenters. The predicted octanol–water partition coefficient (Wildman–Crippen LogP) is 1.45. The number of aromatic nitrogens is 1. The van der Waals surface area contributed by atoms with Crippen molar-refractivity contribution in [2.24, 2.45) is 0 Å². The first-order valence-corrected chi connectivity index (χ1v) is 4.81. The smallest absolute Gasteiger partial charge is 0.340 e. The van der Waals surface area contributed by atoms with E-state index in [2.05, 4.69) is 4.98 Å². The van der Waals surface area contributed by atoms with Gasteiger partial charge < -0.3 is 10.5 Å². The summed E-state index contributed by atoms with van der Waals surface area (Å²) < 4.78 is 5.43. The van der Waals surface area contributed by atoms with E-state index in [1.165, 1.54) is 6.20 Å². The highest BCUT2D eigenvalue weighted by Crippen LogP contribution is 2.17. The molecule has 0 bridgehead atoms. The average Bonchev–Trinajstić information content (AvgIpc) is 2.10. The van der Waals surface area contributed by atoms with Crippen molar-refractivity contribution in [2.45, 2.75) is 6.92 Å². The van der Waals surface area contributed by atoms with Crippen molar-refractivity contribution in [3.63, 3.8) is 0 Å². The van der Waals surface area contributed by atoms with Crippen LogP contribution in [0.1, 0.15) is 17.3 Å². The number of carbonyl (C=O) groups excluding carboxylic acids is 1. The van der Waals surface area contributed by atoms with Crippen LogP contribution in [-0.2, 0) is 4.74 Å². The number of hydrogen-bond acceptors (Lipinski definition) is 4. The Bertz CT molecular complexity index is 328. The standard InChI is InChI=1S/C8H9IN2O2/c1-2-13-8(12)5-3-4-11-7(9)6(5)10/h3-4H,2,10H2,1H3. The largest absolute Gasteiger partial charge is 0.462 e. The molecule has 1 rings (SSSR count). The highest BCUT2D eigenvalue weighted by atomic mass is 127. The van der Waals surface area contributed by atoms with Gasteiger partial charge in [-0.15, -0.1) is 0 Å². The number of hydrogen-bond donors (Lipinski definition) is 1. The quantitative estimate of drug-likeness (QED) is 0.509. The molecule has 0 saturated heterocycles. The van der Waals surface area contributed by atoms with Crippen molar-refractivity contribution in [1.29, 1.82) is 0 Å². The lowest BCUT2D eigenvalue weighted by atomic mass is 10.2. The van der Waals surface area contributed by atoms with Crippen LogP contribution in [0.5, 0.6) is 0 Å². The first kappa shape index (κ1) is 10.2. The number of carbonyl (C=O) groups is 1. The number of nitrogens with two attached hydrogens (primary N) is 1. The van der Waals surface area contributed by atoms with Crippen molar-refractivity contribution in [3.8, 4) is 0 Å². The summed E-state index contributed by atoms with van der Waals surface area (Å²) in [6.07, 6.45) is 1.53. The molecular formula is C8H9IN2O2. The Kier molecular flexibility index (Phi) is 3.47. The van der Waals surface area contributed by atoms with E-state index in [-0.39, 0.29) is 0 Å². The number of nitrogens with zero attached hydrogens (tertiary/aromatic N) is 1. The number of pyridine rings is 1. The SMILES string of the molecule is CCOC(=O)c1ccnc(I)c1N. The summed E-state index contributed by atoms with van der Waals surface area (Å²) in [5.74, 6) is -0.402. The molecule has 1 heterocycles.